The van der Waals surface area contributed by atoms with Crippen molar-refractivity contribution in [2.24, 2.45) is 0 Å². The molecule has 122 valence electrons. The molecule has 0 atom stereocenters. The molecular formula is C17H21N3O2S. The van der Waals surface area contributed by atoms with Gasteiger partial charge in [0.2, 0.25) is 11.8 Å². The summed E-state index contributed by atoms with van der Waals surface area (Å²) in [4.78, 5) is 27.1. The third-order valence-electron chi connectivity index (χ3n) is 3.69. The van der Waals surface area contributed by atoms with E-state index < -0.39 is 0 Å². The van der Waals surface area contributed by atoms with Gasteiger partial charge in [-0.3, -0.25) is 14.9 Å². The van der Waals surface area contributed by atoms with Gasteiger partial charge in [-0.25, -0.2) is 0 Å². The van der Waals surface area contributed by atoms with Crippen LogP contribution in [0.25, 0.3) is 6.08 Å². The maximum atomic E-state index is 12.0. The highest BCUT2D eigenvalue weighted by Crippen LogP contribution is 2.04. The summed E-state index contributed by atoms with van der Waals surface area (Å²) >= 11 is 5.30. The van der Waals surface area contributed by atoms with Crippen molar-refractivity contribution in [2.75, 3.05) is 26.2 Å². The summed E-state index contributed by atoms with van der Waals surface area (Å²) < 4.78 is 0. The van der Waals surface area contributed by atoms with E-state index in [2.05, 4.69) is 5.32 Å². The summed E-state index contributed by atoms with van der Waals surface area (Å²) in [5.41, 5.74) is 0.959. The number of nitrogens with zero attached hydrogens (tertiary/aromatic N) is 2. The molecule has 1 aliphatic rings. The van der Waals surface area contributed by atoms with Crippen LogP contribution in [0.4, 0.5) is 0 Å². The Morgan fingerprint density at radius 3 is 2.43 bits per heavy atom. The first kappa shape index (κ1) is 17.1. The van der Waals surface area contributed by atoms with Gasteiger partial charge in [0.1, 0.15) is 0 Å². The zero-order chi connectivity index (χ0) is 16.7. The predicted molar refractivity (Wildman–Crippen MR) is 94.7 cm³/mol. The number of rotatable bonds is 2. The molecule has 1 aliphatic heterocycles. The van der Waals surface area contributed by atoms with Crippen LogP contribution in [-0.4, -0.2) is 52.9 Å². The topological polar surface area (TPSA) is 52.7 Å². The normalized spacial score (nSPS) is 15.3. The van der Waals surface area contributed by atoms with Crippen LogP contribution < -0.4 is 5.32 Å². The minimum absolute atomic E-state index is 0.0765. The van der Waals surface area contributed by atoms with E-state index in [-0.39, 0.29) is 11.8 Å². The first-order valence-electron chi connectivity index (χ1n) is 7.65. The Morgan fingerprint density at radius 2 is 1.74 bits per heavy atom. The Kier molecular flexibility index (Phi) is 6.29. The van der Waals surface area contributed by atoms with Gasteiger partial charge >= 0.3 is 0 Å². The van der Waals surface area contributed by atoms with Crippen LogP contribution >= 0.6 is 12.2 Å². The Bertz CT molecular complexity index is 601. The summed E-state index contributed by atoms with van der Waals surface area (Å²) in [6.45, 7) is 4.32. The van der Waals surface area contributed by atoms with Gasteiger partial charge in [-0.05, 0) is 30.3 Å². The molecule has 1 aromatic carbocycles. The van der Waals surface area contributed by atoms with Crippen LogP contribution in [0.2, 0.25) is 0 Å². The summed E-state index contributed by atoms with van der Waals surface area (Å²) in [7, 11) is 0. The van der Waals surface area contributed by atoms with Crippen LogP contribution in [-0.2, 0) is 9.59 Å². The fourth-order valence-corrected chi connectivity index (χ4v) is 2.68. The third kappa shape index (κ3) is 5.49. The van der Waals surface area contributed by atoms with Crippen LogP contribution in [0.15, 0.2) is 36.4 Å². The molecule has 0 saturated carbocycles. The Hall–Kier alpha value is -2.21. The standard InChI is InChI=1S/C17H21N3O2S/c1-14(21)19-10-5-11-20(13-12-19)17(23)18-16(22)9-8-15-6-3-2-4-7-15/h2-4,6-9H,5,10-13H2,1H3,(H,18,22,23). The van der Waals surface area contributed by atoms with E-state index >= 15 is 0 Å². The van der Waals surface area contributed by atoms with E-state index in [9.17, 15) is 9.59 Å². The zero-order valence-electron chi connectivity index (χ0n) is 13.2. The summed E-state index contributed by atoms with van der Waals surface area (Å²) in [6.07, 6.45) is 4.06. The van der Waals surface area contributed by atoms with Crippen molar-refractivity contribution in [3.05, 3.63) is 42.0 Å². The molecule has 0 spiro atoms. The molecule has 5 nitrogen and oxygen atoms in total. The largest absolute Gasteiger partial charge is 0.347 e. The zero-order valence-corrected chi connectivity index (χ0v) is 14.0. The maximum absolute atomic E-state index is 12.0. The van der Waals surface area contributed by atoms with Gasteiger partial charge < -0.3 is 9.80 Å². The van der Waals surface area contributed by atoms with E-state index in [4.69, 9.17) is 12.2 Å². The number of thiocarbonyl (C=S) groups is 1. The second kappa shape index (κ2) is 8.43. The molecule has 2 rings (SSSR count). The number of carbonyl (C=O) groups excluding carboxylic acids is 2. The highest BCUT2D eigenvalue weighted by atomic mass is 32.1. The lowest BCUT2D eigenvalue weighted by atomic mass is 10.2. The SMILES string of the molecule is CC(=O)N1CCCN(C(=S)NC(=O)C=Cc2ccccc2)CC1. The average Bonchev–Trinajstić information content (AvgIpc) is 2.80. The minimum atomic E-state index is -0.244. The first-order chi connectivity index (χ1) is 11.1. The van der Waals surface area contributed by atoms with Gasteiger partial charge in [-0.15, -0.1) is 0 Å². The lowest BCUT2D eigenvalue weighted by Gasteiger charge is -2.23. The van der Waals surface area contributed by atoms with E-state index in [0.717, 1.165) is 25.1 Å². The third-order valence-corrected chi connectivity index (χ3v) is 4.05. The summed E-state index contributed by atoms with van der Waals surface area (Å²) in [5, 5.41) is 3.13. The molecule has 0 unspecified atom stereocenters. The summed E-state index contributed by atoms with van der Waals surface area (Å²) in [6, 6.07) is 9.61. The highest BCUT2D eigenvalue weighted by Gasteiger charge is 2.18. The molecule has 1 fully saturated rings. The van der Waals surface area contributed by atoms with Crippen molar-refractivity contribution >= 4 is 35.2 Å². The number of nitrogens with one attached hydrogen (secondary N) is 1. The molecule has 1 saturated heterocycles. The fourth-order valence-electron chi connectivity index (χ4n) is 2.40. The Morgan fingerprint density at radius 1 is 1.09 bits per heavy atom. The molecule has 0 aromatic heterocycles. The van der Waals surface area contributed by atoms with Crippen LogP contribution in [0, 0.1) is 0 Å². The van der Waals surface area contributed by atoms with Crippen molar-refractivity contribution in [2.45, 2.75) is 13.3 Å². The van der Waals surface area contributed by atoms with Crippen molar-refractivity contribution in [1.29, 1.82) is 0 Å². The first-order valence-corrected chi connectivity index (χ1v) is 8.05. The average molecular weight is 331 g/mol. The molecule has 0 radical (unpaired) electrons. The van der Waals surface area contributed by atoms with Crippen molar-refractivity contribution in [3.8, 4) is 0 Å². The molecule has 1 N–H and O–H groups in total. The van der Waals surface area contributed by atoms with Gasteiger partial charge in [-0.2, -0.15) is 0 Å². The maximum Gasteiger partial charge on any atom is 0.250 e. The number of hydrogen-bond donors (Lipinski definition) is 1. The highest BCUT2D eigenvalue weighted by molar-refractivity contribution is 7.80. The lowest BCUT2D eigenvalue weighted by Crippen LogP contribution is -2.44. The molecule has 0 aliphatic carbocycles. The predicted octanol–water partition coefficient (Wildman–Crippen LogP) is 1.66. The molecule has 6 heteroatoms. The van der Waals surface area contributed by atoms with Gasteiger partial charge in [-0.1, -0.05) is 30.3 Å². The second-order valence-corrected chi connectivity index (χ2v) is 5.77. The minimum Gasteiger partial charge on any atom is -0.347 e. The Labute approximate surface area is 142 Å². The second-order valence-electron chi connectivity index (χ2n) is 5.39. The number of benzene rings is 1. The van der Waals surface area contributed by atoms with Gasteiger partial charge in [0, 0.05) is 39.2 Å². The van der Waals surface area contributed by atoms with E-state index in [1.807, 2.05) is 35.2 Å². The molecule has 23 heavy (non-hydrogen) atoms. The molecule has 0 bridgehead atoms. The fraction of sp³-hybridized carbons (Fsp3) is 0.353. The van der Waals surface area contributed by atoms with Crippen molar-refractivity contribution in [3.63, 3.8) is 0 Å². The van der Waals surface area contributed by atoms with Crippen molar-refractivity contribution in [1.82, 2.24) is 15.1 Å². The monoisotopic (exact) mass is 331 g/mol. The van der Waals surface area contributed by atoms with Crippen LogP contribution in [0.5, 0.6) is 0 Å². The molecular weight excluding hydrogens is 310 g/mol. The van der Waals surface area contributed by atoms with Crippen LogP contribution in [0.3, 0.4) is 0 Å². The van der Waals surface area contributed by atoms with E-state index in [1.54, 1.807) is 17.9 Å². The Balaban J connectivity index is 1.85. The summed E-state index contributed by atoms with van der Waals surface area (Å²) in [5.74, 6) is -0.167. The van der Waals surface area contributed by atoms with Gasteiger partial charge in [0.25, 0.3) is 0 Å². The van der Waals surface area contributed by atoms with E-state index in [1.165, 1.54) is 6.08 Å². The quantitative estimate of drug-likeness (QED) is 0.661. The smallest absolute Gasteiger partial charge is 0.250 e. The van der Waals surface area contributed by atoms with Crippen molar-refractivity contribution < 1.29 is 9.59 Å². The van der Waals surface area contributed by atoms with E-state index in [0.29, 0.717) is 18.2 Å². The molecule has 1 heterocycles. The van der Waals surface area contributed by atoms with Gasteiger partial charge in [0.15, 0.2) is 5.11 Å². The van der Waals surface area contributed by atoms with Crippen LogP contribution in [0.1, 0.15) is 18.9 Å². The molecule has 1 aromatic rings. The number of amides is 2. The number of carbonyl (C=O) groups is 2. The number of hydrogen-bond acceptors (Lipinski definition) is 3. The lowest BCUT2D eigenvalue weighted by molar-refractivity contribution is -0.128. The van der Waals surface area contributed by atoms with Gasteiger partial charge in [0.05, 0.1) is 0 Å². The molecule has 2 amide bonds.